The third-order valence-corrected chi connectivity index (χ3v) is 9.87. The molecular formula is C26H38O6. The number of allylic oxidation sites excluding steroid dienone is 1. The number of ketones is 2. The molecule has 0 aromatic rings. The number of esters is 1. The summed E-state index contributed by atoms with van der Waals surface area (Å²) >= 11 is 0. The molecule has 4 rings (SSSR count). The maximum absolute atomic E-state index is 13.3. The Morgan fingerprint density at radius 2 is 1.91 bits per heavy atom. The van der Waals surface area contributed by atoms with E-state index in [0.717, 1.165) is 12.8 Å². The van der Waals surface area contributed by atoms with Gasteiger partial charge in [0.15, 0.2) is 11.4 Å². The molecule has 4 aliphatic carbocycles. The molecule has 0 aromatic heterocycles. The summed E-state index contributed by atoms with van der Waals surface area (Å²) in [5.41, 5.74) is -1.25. The standard InChI is InChI=1S/C26H38O6/c1-6-22(31)32-26(21(30)13-27)15(3)10-19-17-9-14(2)18-11-16(28)7-8-24(18,4)23(17)20(29)12-25(19,26)5/h11,14-15,17,19-20,23,27,29H,6-10,12-13H2,1-5H3/t14-,15+,17-,19-,20-,23+,24-,25-,26-/m0/s1. The minimum absolute atomic E-state index is 0.00484. The third kappa shape index (κ3) is 2.94. The van der Waals surface area contributed by atoms with Crippen LogP contribution in [-0.2, 0) is 19.1 Å². The normalized spacial score (nSPS) is 47.7. The van der Waals surface area contributed by atoms with Crippen molar-refractivity contribution in [1.82, 2.24) is 0 Å². The van der Waals surface area contributed by atoms with E-state index in [1.165, 1.54) is 5.57 Å². The van der Waals surface area contributed by atoms with Crippen molar-refractivity contribution >= 4 is 17.5 Å². The van der Waals surface area contributed by atoms with Crippen LogP contribution < -0.4 is 0 Å². The molecule has 6 nitrogen and oxygen atoms in total. The Kier molecular flexibility index (Phi) is 5.73. The fourth-order valence-corrected chi connectivity index (χ4v) is 8.67. The fourth-order valence-electron chi connectivity index (χ4n) is 8.67. The molecule has 0 aliphatic heterocycles. The summed E-state index contributed by atoms with van der Waals surface area (Å²) in [6.45, 7) is 9.31. The minimum atomic E-state index is -1.42. The van der Waals surface area contributed by atoms with Crippen LogP contribution in [0, 0.1) is 40.4 Å². The van der Waals surface area contributed by atoms with Gasteiger partial charge in [-0.15, -0.1) is 0 Å². The van der Waals surface area contributed by atoms with E-state index in [0.29, 0.717) is 19.3 Å². The van der Waals surface area contributed by atoms with Gasteiger partial charge >= 0.3 is 5.97 Å². The van der Waals surface area contributed by atoms with Gasteiger partial charge in [-0.1, -0.05) is 40.2 Å². The first-order valence-corrected chi connectivity index (χ1v) is 12.2. The first-order chi connectivity index (χ1) is 15.0. The summed E-state index contributed by atoms with van der Waals surface area (Å²) in [6.07, 6.45) is 4.45. The van der Waals surface area contributed by atoms with Gasteiger partial charge in [0.05, 0.1) is 6.10 Å². The highest BCUT2D eigenvalue weighted by molar-refractivity contribution is 5.93. The summed E-state index contributed by atoms with van der Waals surface area (Å²) in [5.74, 6) is -0.506. The number of aliphatic hydroxyl groups excluding tert-OH is 2. The molecule has 4 aliphatic rings. The van der Waals surface area contributed by atoms with Crippen molar-refractivity contribution in [3.05, 3.63) is 11.6 Å². The zero-order valence-electron chi connectivity index (χ0n) is 20.0. The molecule has 0 amide bonds. The molecule has 32 heavy (non-hydrogen) atoms. The predicted molar refractivity (Wildman–Crippen MR) is 118 cm³/mol. The highest BCUT2D eigenvalue weighted by atomic mass is 16.6. The lowest BCUT2D eigenvalue weighted by molar-refractivity contribution is -0.208. The Morgan fingerprint density at radius 1 is 1.22 bits per heavy atom. The number of Topliss-reactive ketones (excluding diaryl/α,β-unsaturated/α-hetero) is 1. The van der Waals surface area contributed by atoms with Crippen molar-refractivity contribution in [3.63, 3.8) is 0 Å². The first-order valence-electron chi connectivity index (χ1n) is 12.2. The largest absolute Gasteiger partial charge is 0.450 e. The van der Waals surface area contributed by atoms with Gasteiger partial charge in [0, 0.05) is 24.2 Å². The van der Waals surface area contributed by atoms with Crippen LogP contribution in [0.15, 0.2) is 11.6 Å². The van der Waals surface area contributed by atoms with Gasteiger partial charge in [-0.3, -0.25) is 14.4 Å². The van der Waals surface area contributed by atoms with Crippen LogP contribution >= 0.6 is 0 Å². The lowest BCUT2D eigenvalue weighted by Crippen LogP contribution is -2.64. The molecule has 2 N–H and O–H groups in total. The summed E-state index contributed by atoms with van der Waals surface area (Å²) in [4.78, 5) is 37.9. The molecule has 0 heterocycles. The predicted octanol–water partition coefficient (Wildman–Crippen LogP) is 3.23. The van der Waals surface area contributed by atoms with Crippen molar-refractivity contribution in [1.29, 1.82) is 0 Å². The van der Waals surface area contributed by atoms with E-state index in [4.69, 9.17) is 4.74 Å². The van der Waals surface area contributed by atoms with Crippen molar-refractivity contribution in [3.8, 4) is 0 Å². The molecule has 178 valence electrons. The van der Waals surface area contributed by atoms with Crippen LogP contribution in [-0.4, -0.2) is 46.1 Å². The molecule has 0 unspecified atom stereocenters. The maximum atomic E-state index is 13.3. The van der Waals surface area contributed by atoms with Crippen molar-refractivity contribution in [2.45, 2.75) is 84.8 Å². The average molecular weight is 447 g/mol. The fraction of sp³-hybridized carbons (Fsp3) is 0.808. The molecule has 0 spiro atoms. The molecule has 3 saturated carbocycles. The summed E-state index contributed by atoms with van der Waals surface area (Å²) in [5, 5.41) is 21.5. The number of hydrogen-bond donors (Lipinski definition) is 2. The second kappa shape index (κ2) is 7.76. The van der Waals surface area contributed by atoms with Gasteiger partial charge in [-0.2, -0.15) is 0 Å². The Hall–Kier alpha value is -1.53. The van der Waals surface area contributed by atoms with Crippen molar-refractivity contribution in [2.75, 3.05) is 6.61 Å². The quantitative estimate of drug-likeness (QED) is 0.643. The second-order valence-corrected chi connectivity index (χ2v) is 11.4. The Bertz CT molecular complexity index is 862. The topological polar surface area (TPSA) is 101 Å². The molecular weight excluding hydrogens is 408 g/mol. The zero-order valence-corrected chi connectivity index (χ0v) is 20.0. The highest BCUT2D eigenvalue weighted by Gasteiger charge is 2.73. The maximum Gasteiger partial charge on any atom is 0.306 e. The zero-order chi connectivity index (χ0) is 23.6. The number of rotatable bonds is 4. The van der Waals surface area contributed by atoms with Gasteiger partial charge < -0.3 is 14.9 Å². The second-order valence-electron chi connectivity index (χ2n) is 11.4. The van der Waals surface area contributed by atoms with Crippen LogP contribution in [0.4, 0.5) is 0 Å². The van der Waals surface area contributed by atoms with Crippen LogP contribution in [0.2, 0.25) is 0 Å². The monoisotopic (exact) mass is 446 g/mol. The number of aliphatic hydroxyl groups is 2. The number of carbonyl (C=O) groups excluding carboxylic acids is 3. The summed E-state index contributed by atoms with van der Waals surface area (Å²) in [7, 11) is 0. The Morgan fingerprint density at radius 3 is 2.53 bits per heavy atom. The molecule has 0 saturated heterocycles. The van der Waals surface area contributed by atoms with Crippen molar-refractivity contribution < 1.29 is 29.3 Å². The van der Waals surface area contributed by atoms with Crippen molar-refractivity contribution in [2.24, 2.45) is 40.4 Å². The van der Waals surface area contributed by atoms with Crippen LogP contribution in [0.3, 0.4) is 0 Å². The number of fused-ring (bicyclic) bond motifs is 5. The SMILES string of the molecule is CCC(=O)O[C@]1(C(=O)CO)[C@H](C)C[C@H]2[C@@H]3C[C@H](C)C4=CC(=O)CC[C@]4(C)[C@H]3[C@@H](O)C[C@@]21C. The number of hydrogen-bond acceptors (Lipinski definition) is 6. The number of ether oxygens (including phenoxy) is 1. The summed E-state index contributed by atoms with van der Waals surface area (Å²) in [6, 6.07) is 0. The van der Waals surface area contributed by atoms with E-state index in [2.05, 4.69) is 13.8 Å². The van der Waals surface area contributed by atoms with E-state index >= 15 is 0 Å². The average Bonchev–Trinajstić information content (AvgIpc) is 2.95. The van der Waals surface area contributed by atoms with Gasteiger partial charge in [-0.25, -0.2) is 0 Å². The van der Waals surface area contributed by atoms with Gasteiger partial charge in [0.1, 0.15) is 6.61 Å². The molecule has 0 bridgehead atoms. The van der Waals surface area contributed by atoms with Crippen LogP contribution in [0.25, 0.3) is 0 Å². The van der Waals surface area contributed by atoms with Gasteiger partial charge in [0.25, 0.3) is 0 Å². The molecule has 9 atom stereocenters. The van der Waals surface area contributed by atoms with E-state index in [1.54, 1.807) is 6.92 Å². The smallest absolute Gasteiger partial charge is 0.306 e. The number of carbonyl (C=O) groups is 3. The molecule has 6 heteroatoms. The van der Waals surface area contributed by atoms with E-state index < -0.39 is 35.5 Å². The summed E-state index contributed by atoms with van der Waals surface area (Å²) < 4.78 is 5.97. The molecule has 3 fully saturated rings. The Labute approximate surface area is 190 Å². The third-order valence-electron chi connectivity index (χ3n) is 9.87. The van der Waals surface area contributed by atoms with Crippen LogP contribution in [0.5, 0.6) is 0 Å². The lowest BCUT2D eigenvalue weighted by atomic mass is 9.44. The van der Waals surface area contributed by atoms with E-state index in [-0.39, 0.29) is 47.2 Å². The Balaban J connectivity index is 1.82. The lowest BCUT2D eigenvalue weighted by Gasteiger charge is -2.62. The van der Waals surface area contributed by atoms with E-state index in [9.17, 15) is 24.6 Å². The molecule has 0 radical (unpaired) electrons. The molecule has 0 aromatic carbocycles. The van der Waals surface area contributed by atoms with Gasteiger partial charge in [0.2, 0.25) is 5.78 Å². The first kappa shape index (κ1) is 23.6. The van der Waals surface area contributed by atoms with Gasteiger partial charge in [-0.05, 0) is 60.8 Å². The van der Waals surface area contributed by atoms with E-state index in [1.807, 2.05) is 19.9 Å². The minimum Gasteiger partial charge on any atom is -0.450 e. The highest BCUT2D eigenvalue weighted by Crippen LogP contribution is 2.70. The van der Waals surface area contributed by atoms with Crippen LogP contribution in [0.1, 0.15) is 73.1 Å².